The van der Waals surface area contributed by atoms with Gasteiger partial charge in [0.2, 0.25) is 5.91 Å². The van der Waals surface area contributed by atoms with Crippen LogP contribution in [0.15, 0.2) is 109 Å². The molecule has 0 spiro atoms. The molecule has 79 heavy (non-hydrogen) atoms. The van der Waals surface area contributed by atoms with Gasteiger partial charge in [0, 0.05) is 6.42 Å². The molecule has 0 aliphatic heterocycles. The minimum atomic E-state index is -4.35. The van der Waals surface area contributed by atoms with Crippen LogP contribution < -0.4 is 5.32 Å². The SMILES string of the molecule is CC/C=C\C/C=C\C/C=C\C/C=C\C/C=C\C/C=C\C/C=C\C/C=C\CCCCCCCCCCCCCCCCCCC(=O)NC(COP(=O)(O)OCC[N+](C)(C)C)C(O)/C=C/CCCCCCCCCCCCCCCC. The van der Waals surface area contributed by atoms with E-state index in [1.54, 1.807) is 6.08 Å². The largest absolute Gasteiger partial charge is 0.472 e. The van der Waals surface area contributed by atoms with Crippen molar-refractivity contribution in [1.82, 2.24) is 5.32 Å². The van der Waals surface area contributed by atoms with E-state index in [2.05, 4.69) is 116 Å². The fourth-order valence-electron chi connectivity index (χ4n) is 9.18. The van der Waals surface area contributed by atoms with Gasteiger partial charge in [0.1, 0.15) is 13.2 Å². The third kappa shape index (κ3) is 62.6. The van der Waals surface area contributed by atoms with Crippen molar-refractivity contribution in [1.29, 1.82) is 0 Å². The lowest BCUT2D eigenvalue weighted by Crippen LogP contribution is -2.45. The number of nitrogens with one attached hydrogen (secondary N) is 1. The predicted molar refractivity (Wildman–Crippen MR) is 345 cm³/mol. The van der Waals surface area contributed by atoms with Gasteiger partial charge < -0.3 is 19.8 Å². The number of quaternary nitrogens is 1. The van der Waals surface area contributed by atoms with Crippen molar-refractivity contribution in [3.63, 3.8) is 0 Å². The summed E-state index contributed by atoms with van der Waals surface area (Å²) in [6.45, 7) is 4.71. The molecule has 0 aromatic rings. The van der Waals surface area contributed by atoms with Gasteiger partial charge in [0.15, 0.2) is 0 Å². The number of hydrogen-bond acceptors (Lipinski definition) is 5. The zero-order valence-electron chi connectivity index (χ0n) is 52.1. The van der Waals surface area contributed by atoms with Gasteiger partial charge in [-0.1, -0.05) is 297 Å². The van der Waals surface area contributed by atoms with Gasteiger partial charge in [-0.3, -0.25) is 13.8 Å². The second kappa shape index (κ2) is 59.8. The van der Waals surface area contributed by atoms with Crippen LogP contribution in [0.3, 0.4) is 0 Å². The molecule has 456 valence electrons. The van der Waals surface area contributed by atoms with E-state index in [-0.39, 0.29) is 19.1 Å². The fourth-order valence-corrected chi connectivity index (χ4v) is 9.91. The summed E-state index contributed by atoms with van der Waals surface area (Å²) in [7, 11) is 1.57. The number of phosphoric acid groups is 1. The number of hydrogen-bond donors (Lipinski definition) is 3. The number of aliphatic hydroxyl groups excluding tert-OH is 1. The third-order valence-electron chi connectivity index (χ3n) is 14.2. The summed E-state index contributed by atoms with van der Waals surface area (Å²) in [6.07, 6.45) is 87.9. The highest BCUT2D eigenvalue weighted by Crippen LogP contribution is 2.43. The van der Waals surface area contributed by atoms with E-state index in [1.165, 1.54) is 167 Å². The lowest BCUT2D eigenvalue weighted by atomic mass is 10.0. The lowest BCUT2D eigenvalue weighted by Gasteiger charge is -2.25. The van der Waals surface area contributed by atoms with E-state index in [1.807, 2.05) is 27.2 Å². The van der Waals surface area contributed by atoms with Gasteiger partial charge >= 0.3 is 7.82 Å². The first kappa shape index (κ1) is 76.2. The molecule has 9 heteroatoms. The molecule has 0 aromatic heterocycles. The molecule has 3 atom stereocenters. The van der Waals surface area contributed by atoms with Crippen LogP contribution >= 0.6 is 7.82 Å². The van der Waals surface area contributed by atoms with E-state index < -0.39 is 20.0 Å². The van der Waals surface area contributed by atoms with E-state index in [0.717, 1.165) is 89.9 Å². The zero-order chi connectivity index (χ0) is 57.7. The molecule has 0 bridgehead atoms. The topological polar surface area (TPSA) is 105 Å². The number of carbonyl (C=O) groups is 1. The molecule has 0 rings (SSSR count). The van der Waals surface area contributed by atoms with Crippen LogP contribution in [0.1, 0.15) is 277 Å². The van der Waals surface area contributed by atoms with Gasteiger partial charge in [-0.15, -0.1) is 0 Å². The quantitative estimate of drug-likeness (QED) is 0.0243. The third-order valence-corrected chi connectivity index (χ3v) is 15.2. The van der Waals surface area contributed by atoms with Crippen molar-refractivity contribution in [3.05, 3.63) is 109 Å². The Morgan fingerprint density at radius 2 is 0.759 bits per heavy atom. The van der Waals surface area contributed by atoms with Crippen molar-refractivity contribution in [2.24, 2.45) is 0 Å². The first-order valence-corrected chi connectivity index (χ1v) is 34.3. The molecule has 0 fully saturated rings. The molecule has 0 saturated carbocycles. The number of amides is 1. The number of rotatable bonds is 59. The van der Waals surface area contributed by atoms with Gasteiger partial charge in [-0.25, -0.2) is 4.57 Å². The lowest BCUT2D eigenvalue weighted by molar-refractivity contribution is -0.870. The van der Waals surface area contributed by atoms with Crippen LogP contribution in [0.4, 0.5) is 0 Å². The molecule has 0 saturated heterocycles. The maximum absolute atomic E-state index is 13.0. The number of unbranched alkanes of at least 4 members (excludes halogenated alkanes) is 30. The van der Waals surface area contributed by atoms with Crippen molar-refractivity contribution >= 4 is 13.7 Å². The predicted octanol–water partition coefficient (Wildman–Crippen LogP) is 20.7. The minimum Gasteiger partial charge on any atom is -0.387 e. The molecule has 0 radical (unpaired) electrons. The minimum absolute atomic E-state index is 0.0591. The Kier molecular flexibility index (Phi) is 57.6. The zero-order valence-corrected chi connectivity index (χ0v) is 53.0. The normalized spacial score (nSPS) is 14.5. The molecule has 8 nitrogen and oxygen atoms in total. The molecular formula is C70H126N2O6P+. The smallest absolute Gasteiger partial charge is 0.387 e. The summed E-state index contributed by atoms with van der Waals surface area (Å²) < 4.78 is 23.7. The summed E-state index contributed by atoms with van der Waals surface area (Å²) in [6, 6.07) is -0.851. The van der Waals surface area contributed by atoms with E-state index >= 15 is 0 Å². The first-order valence-electron chi connectivity index (χ1n) is 32.8. The number of nitrogens with zero attached hydrogens (tertiary/aromatic N) is 1. The van der Waals surface area contributed by atoms with Crippen LogP contribution in [-0.4, -0.2) is 73.4 Å². The van der Waals surface area contributed by atoms with E-state index in [4.69, 9.17) is 9.05 Å². The summed E-state index contributed by atoms with van der Waals surface area (Å²) in [5, 5.41) is 14.0. The number of aliphatic hydroxyl groups is 1. The average Bonchev–Trinajstić information content (AvgIpc) is 3.42. The van der Waals surface area contributed by atoms with Crippen LogP contribution in [0.25, 0.3) is 0 Å². The Balaban J connectivity index is 4.00. The Morgan fingerprint density at radius 1 is 0.443 bits per heavy atom. The van der Waals surface area contributed by atoms with Crippen molar-refractivity contribution in [2.75, 3.05) is 40.9 Å². The van der Waals surface area contributed by atoms with Gasteiger partial charge in [0.05, 0.1) is 39.9 Å². The van der Waals surface area contributed by atoms with Crippen molar-refractivity contribution in [2.45, 2.75) is 289 Å². The first-order chi connectivity index (χ1) is 38.5. The van der Waals surface area contributed by atoms with Crippen LogP contribution in [0.5, 0.6) is 0 Å². The molecule has 0 aliphatic rings. The van der Waals surface area contributed by atoms with Crippen molar-refractivity contribution < 1.29 is 32.9 Å². The number of likely N-dealkylation sites (N-methyl/N-ethyl adjacent to an activating group) is 1. The molecule has 3 N–H and O–H groups in total. The van der Waals surface area contributed by atoms with Crippen molar-refractivity contribution in [3.8, 4) is 0 Å². The van der Waals surface area contributed by atoms with Crippen LogP contribution in [0.2, 0.25) is 0 Å². The highest BCUT2D eigenvalue weighted by atomic mass is 31.2. The second-order valence-electron chi connectivity index (χ2n) is 23.1. The van der Waals surface area contributed by atoms with E-state index in [0.29, 0.717) is 17.4 Å². The Bertz CT molecular complexity index is 1650. The standard InChI is InChI=1S/C70H125N2O6P/c1-6-8-10-12-14-16-18-20-22-24-25-26-27-28-29-30-31-32-33-34-35-36-37-38-39-40-41-42-43-44-45-46-47-48-50-52-54-56-58-60-62-64-70(74)71-68(67-78-79(75,76)77-66-65-72(3,4)5)69(73)63-61-59-57-55-53-51-49-23-21-19-17-15-13-11-9-7-2/h8,10,14,16,20,22,25-26,28-29,31-32,34-35,37-38,61,63,68-69,73H,6-7,9,11-13,15,17-19,21,23-24,27,30,33,36,39-60,62,64-67H2,1-5H3,(H-,71,74,75,76)/p+1/b10-8-,16-14-,22-20-,26-25-,29-28-,32-31-,35-34-,38-37-,63-61+. The number of phosphoric ester groups is 1. The fraction of sp³-hybridized carbons (Fsp3) is 0.729. The second-order valence-corrected chi connectivity index (χ2v) is 24.6. The summed E-state index contributed by atoms with van der Waals surface area (Å²) in [5.74, 6) is -0.178. The molecule has 0 aromatic carbocycles. The Labute approximate surface area is 489 Å². The molecule has 1 amide bonds. The molecular weight excluding hydrogens is 996 g/mol. The average molecular weight is 1120 g/mol. The number of carbonyl (C=O) groups excluding carboxylic acids is 1. The summed E-state index contributed by atoms with van der Waals surface area (Å²) >= 11 is 0. The Hall–Kier alpha value is -2.84. The van der Waals surface area contributed by atoms with E-state index in [9.17, 15) is 19.4 Å². The molecule has 0 aliphatic carbocycles. The maximum Gasteiger partial charge on any atom is 0.472 e. The highest BCUT2D eigenvalue weighted by Gasteiger charge is 2.27. The monoisotopic (exact) mass is 1120 g/mol. The summed E-state index contributed by atoms with van der Waals surface area (Å²) in [5.41, 5.74) is 0. The molecule has 0 heterocycles. The molecule has 3 unspecified atom stereocenters. The van der Waals surface area contributed by atoms with Gasteiger partial charge in [-0.2, -0.15) is 0 Å². The van der Waals surface area contributed by atoms with Gasteiger partial charge in [0.25, 0.3) is 0 Å². The van der Waals surface area contributed by atoms with Gasteiger partial charge in [-0.05, 0) is 83.5 Å². The van der Waals surface area contributed by atoms with Crippen LogP contribution in [0, 0.1) is 0 Å². The maximum atomic E-state index is 13.0. The Morgan fingerprint density at radius 3 is 1.11 bits per heavy atom. The highest BCUT2D eigenvalue weighted by molar-refractivity contribution is 7.47. The summed E-state index contributed by atoms with van der Waals surface area (Å²) in [4.78, 5) is 23.3. The van der Waals surface area contributed by atoms with Crippen LogP contribution in [-0.2, 0) is 18.4 Å². The number of allylic oxidation sites excluding steroid dienone is 17.